The lowest BCUT2D eigenvalue weighted by Crippen LogP contribution is -2.48. The highest BCUT2D eigenvalue weighted by Gasteiger charge is 2.34. The minimum Gasteiger partial charge on any atom is -0.341 e. The predicted molar refractivity (Wildman–Crippen MR) is 102 cm³/mol. The number of piperidine rings is 1. The smallest absolute Gasteiger partial charge is 0.250 e. The fourth-order valence-electron chi connectivity index (χ4n) is 3.96. The van der Waals surface area contributed by atoms with Gasteiger partial charge in [-0.15, -0.1) is 0 Å². The predicted octanol–water partition coefficient (Wildman–Crippen LogP) is 1.39. The van der Waals surface area contributed by atoms with Crippen LogP contribution in [0.15, 0.2) is 41.5 Å². The number of carbonyl (C=O) groups is 1. The zero-order chi connectivity index (χ0) is 18.8. The number of carbonyl (C=O) groups excluding carboxylic acids is 1. The molecule has 2 atom stereocenters. The van der Waals surface area contributed by atoms with Crippen LogP contribution in [0.4, 0.5) is 0 Å². The van der Waals surface area contributed by atoms with E-state index in [1.807, 2.05) is 4.90 Å². The lowest BCUT2D eigenvalue weighted by atomic mass is 9.92. The number of aromatic amines is 1. The number of H-pyrrole nitrogens is 1. The maximum Gasteiger partial charge on any atom is 0.250 e. The first-order chi connectivity index (χ1) is 13.1. The summed E-state index contributed by atoms with van der Waals surface area (Å²) in [7, 11) is 0. The van der Waals surface area contributed by atoms with Crippen LogP contribution < -0.4 is 16.4 Å². The monoisotopic (exact) mass is 367 g/mol. The molecule has 0 radical (unpaired) electrons. The van der Waals surface area contributed by atoms with E-state index in [-0.39, 0.29) is 29.5 Å². The first kappa shape index (κ1) is 17.9. The lowest BCUT2D eigenvalue weighted by molar-refractivity contribution is -0.134. The van der Waals surface area contributed by atoms with Crippen LogP contribution >= 0.6 is 0 Å². The van der Waals surface area contributed by atoms with Gasteiger partial charge in [-0.25, -0.2) is 15.8 Å². The van der Waals surface area contributed by atoms with E-state index in [1.54, 1.807) is 6.07 Å². The highest BCUT2D eigenvalue weighted by molar-refractivity contribution is 5.82. The Morgan fingerprint density at radius 2 is 1.89 bits per heavy atom. The molecule has 2 saturated heterocycles. The fraction of sp³-hybridized carbons (Fsp3) is 0.450. The van der Waals surface area contributed by atoms with Gasteiger partial charge in [-0.1, -0.05) is 29.8 Å². The normalized spacial score (nSPS) is 23.5. The summed E-state index contributed by atoms with van der Waals surface area (Å²) < 4.78 is 0. The molecule has 1 amide bonds. The number of rotatable bonds is 3. The lowest BCUT2D eigenvalue weighted by Gasteiger charge is -2.33. The molecule has 142 valence electrons. The van der Waals surface area contributed by atoms with Gasteiger partial charge >= 0.3 is 0 Å². The number of hydrazine groups is 1. The number of aryl methyl sites for hydroxylation is 1. The molecule has 0 saturated carbocycles. The standard InChI is InChI=1S/C20H25N5O2/c1-13-2-4-14(5-3-13)17-10-18(24-23-17)20(27)25-8-6-15(7-9-25)16-11-19(26)22-12-21-16/h2-5,11-12,15,17-18,23-24H,6-10H2,1H3,(H,21,22,26). The van der Waals surface area contributed by atoms with Gasteiger partial charge in [0.1, 0.15) is 6.04 Å². The molecule has 1 aromatic carbocycles. The second-order valence-corrected chi connectivity index (χ2v) is 7.48. The van der Waals surface area contributed by atoms with Crippen molar-refractivity contribution < 1.29 is 4.79 Å². The van der Waals surface area contributed by atoms with E-state index in [0.717, 1.165) is 25.0 Å². The van der Waals surface area contributed by atoms with Crippen LogP contribution in [0.1, 0.15) is 48.0 Å². The summed E-state index contributed by atoms with van der Waals surface area (Å²) in [5, 5.41) is 0. The van der Waals surface area contributed by atoms with Crippen molar-refractivity contribution in [3.8, 4) is 0 Å². The van der Waals surface area contributed by atoms with Gasteiger partial charge in [-0.3, -0.25) is 9.59 Å². The number of hydrogen-bond acceptors (Lipinski definition) is 5. The van der Waals surface area contributed by atoms with Gasteiger partial charge < -0.3 is 9.88 Å². The van der Waals surface area contributed by atoms with Gasteiger partial charge in [0.15, 0.2) is 0 Å². The Bertz CT molecular complexity index is 855. The Balaban J connectivity index is 1.33. The van der Waals surface area contributed by atoms with Gasteiger partial charge in [0.05, 0.1) is 12.0 Å². The van der Waals surface area contributed by atoms with Crippen molar-refractivity contribution in [2.75, 3.05) is 13.1 Å². The molecule has 2 aromatic rings. The highest BCUT2D eigenvalue weighted by atomic mass is 16.2. The number of aromatic nitrogens is 2. The van der Waals surface area contributed by atoms with E-state index < -0.39 is 0 Å². The molecule has 27 heavy (non-hydrogen) atoms. The molecule has 7 nitrogen and oxygen atoms in total. The zero-order valence-electron chi connectivity index (χ0n) is 15.4. The van der Waals surface area contributed by atoms with Gasteiger partial charge in [0.25, 0.3) is 5.56 Å². The minimum atomic E-state index is -0.203. The van der Waals surface area contributed by atoms with Crippen molar-refractivity contribution in [1.29, 1.82) is 0 Å². The zero-order valence-corrected chi connectivity index (χ0v) is 15.4. The molecule has 2 aliphatic heterocycles. The molecule has 4 rings (SSSR count). The van der Waals surface area contributed by atoms with Gasteiger partial charge in [0, 0.05) is 31.1 Å². The molecule has 3 N–H and O–H groups in total. The van der Waals surface area contributed by atoms with Gasteiger partial charge in [0.2, 0.25) is 5.91 Å². The SMILES string of the molecule is Cc1ccc(C2CC(C(=O)N3CCC(c4cc(=O)[nH]cn4)CC3)NN2)cc1. The number of likely N-dealkylation sites (tertiary alicyclic amines) is 1. The van der Waals surface area contributed by atoms with Crippen molar-refractivity contribution >= 4 is 5.91 Å². The number of hydrogen-bond donors (Lipinski definition) is 3. The Hall–Kier alpha value is -2.51. The molecule has 2 fully saturated rings. The number of nitrogens with one attached hydrogen (secondary N) is 3. The minimum absolute atomic E-state index is 0.123. The van der Waals surface area contributed by atoms with E-state index in [4.69, 9.17) is 0 Å². The van der Waals surface area contributed by atoms with Crippen LogP contribution in [0.5, 0.6) is 0 Å². The molecule has 3 heterocycles. The maximum absolute atomic E-state index is 12.9. The Morgan fingerprint density at radius 3 is 2.59 bits per heavy atom. The van der Waals surface area contributed by atoms with Crippen LogP contribution in [0.25, 0.3) is 0 Å². The largest absolute Gasteiger partial charge is 0.341 e. The Morgan fingerprint density at radius 1 is 1.15 bits per heavy atom. The van der Waals surface area contributed by atoms with Gasteiger partial charge in [-0.2, -0.15) is 0 Å². The second-order valence-electron chi connectivity index (χ2n) is 7.48. The van der Waals surface area contributed by atoms with Crippen molar-refractivity contribution in [2.45, 2.75) is 44.2 Å². The molecule has 1 aromatic heterocycles. The Labute approximate surface area is 158 Å². The summed E-state index contributed by atoms with van der Waals surface area (Å²) in [4.78, 5) is 33.1. The quantitative estimate of drug-likeness (QED) is 0.763. The van der Waals surface area contributed by atoms with E-state index in [0.29, 0.717) is 13.1 Å². The average Bonchev–Trinajstić information content (AvgIpc) is 3.18. The third-order valence-corrected chi connectivity index (χ3v) is 5.61. The number of amides is 1. The van der Waals surface area contributed by atoms with Crippen LogP contribution in [0, 0.1) is 6.92 Å². The van der Waals surface area contributed by atoms with E-state index in [9.17, 15) is 9.59 Å². The maximum atomic E-state index is 12.9. The summed E-state index contributed by atoms with van der Waals surface area (Å²) >= 11 is 0. The van der Waals surface area contributed by atoms with E-state index in [1.165, 1.54) is 17.5 Å². The van der Waals surface area contributed by atoms with Crippen LogP contribution in [-0.2, 0) is 4.79 Å². The number of benzene rings is 1. The number of nitrogens with zero attached hydrogens (tertiary/aromatic N) is 2. The average molecular weight is 367 g/mol. The van der Waals surface area contributed by atoms with Crippen molar-refractivity contribution in [1.82, 2.24) is 25.7 Å². The highest BCUT2D eigenvalue weighted by Crippen LogP contribution is 2.28. The molecule has 2 aliphatic rings. The van der Waals surface area contributed by atoms with Crippen LogP contribution in [0.3, 0.4) is 0 Å². The van der Waals surface area contributed by atoms with Crippen molar-refractivity contribution in [2.24, 2.45) is 0 Å². The van der Waals surface area contributed by atoms with Crippen LogP contribution in [0.2, 0.25) is 0 Å². The molecular formula is C20H25N5O2. The summed E-state index contributed by atoms with van der Waals surface area (Å²) in [5.74, 6) is 0.390. The first-order valence-corrected chi connectivity index (χ1v) is 9.51. The summed E-state index contributed by atoms with van der Waals surface area (Å²) in [5.41, 5.74) is 9.56. The molecular weight excluding hydrogens is 342 g/mol. The molecule has 7 heteroatoms. The molecule has 0 bridgehead atoms. The third-order valence-electron chi connectivity index (χ3n) is 5.61. The van der Waals surface area contributed by atoms with Gasteiger partial charge in [-0.05, 0) is 31.7 Å². The summed E-state index contributed by atoms with van der Waals surface area (Å²) in [6.07, 6.45) is 3.87. The molecule has 0 spiro atoms. The molecule has 0 aliphatic carbocycles. The third kappa shape index (κ3) is 3.94. The summed E-state index contributed by atoms with van der Waals surface area (Å²) in [6, 6.07) is 9.93. The van der Waals surface area contributed by atoms with Crippen molar-refractivity contribution in [3.05, 3.63) is 63.8 Å². The Kier molecular flexibility index (Phi) is 5.05. The molecule has 2 unspecified atom stereocenters. The topological polar surface area (TPSA) is 90.1 Å². The van der Waals surface area contributed by atoms with E-state index >= 15 is 0 Å². The van der Waals surface area contributed by atoms with E-state index in [2.05, 4.69) is 52.0 Å². The fourth-order valence-corrected chi connectivity index (χ4v) is 3.96. The van der Waals surface area contributed by atoms with Crippen LogP contribution in [-0.4, -0.2) is 39.9 Å². The summed E-state index contributed by atoms with van der Waals surface area (Å²) in [6.45, 7) is 3.47. The van der Waals surface area contributed by atoms with Crippen molar-refractivity contribution in [3.63, 3.8) is 0 Å². The second kappa shape index (κ2) is 7.62. The first-order valence-electron chi connectivity index (χ1n) is 9.51.